The van der Waals surface area contributed by atoms with Crippen LogP contribution in [0.5, 0.6) is 0 Å². The van der Waals surface area contributed by atoms with E-state index in [1.165, 1.54) is 7.11 Å². The van der Waals surface area contributed by atoms with Gasteiger partial charge in [0, 0.05) is 18.8 Å². The average molecular weight is 286 g/mol. The summed E-state index contributed by atoms with van der Waals surface area (Å²) in [5.74, 6) is -0.507. The lowest BCUT2D eigenvalue weighted by atomic mass is 10.1. The summed E-state index contributed by atoms with van der Waals surface area (Å²) in [4.78, 5) is 11.8. The molecule has 0 N–H and O–H groups in total. The molecule has 0 aliphatic rings. The molecule has 5 nitrogen and oxygen atoms in total. The number of hydrogen-bond donors (Lipinski definition) is 0. The lowest BCUT2D eigenvalue weighted by molar-refractivity contribution is -0.177. The Bertz CT molecular complexity index is 440. The van der Waals surface area contributed by atoms with Crippen molar-refractivity contribution >= 4 is 14.4 Å². The third kappa shape index (κ3) is 3.44. The van der Waals surface area contributed by atoms with Crippen molar-refractivity contribution in [3.63, 3.8) is 0 Å². The van der Waals surface area contributed by atoms with E-state index in [1.54, 1.807) is 38.1 Å². The Balaban J connectivity index is 3.36. The molecule has 0 saturated heterocycles. The number of rotatable bonds is 7. The lowest BCUT2D eigenvalue weighted by Crippen LogP contribution is -2.29. The zero-order chi connectivity index (χ0) is 14.3. The van der Waals surface area contributed by atoms with Crippen molar-refractivity contribution < 1.29 is 23.6 Å². The maximum Gasteiger partial charge on any atom is 0.338 e. The summed E-state index contributed by atoms with van der Waals surface area (Å²) < 4.78 is 27.5. The molecule has 1 aromatic rings. The molecule has 1 rings (SSSR count). The predicted octanol–water partition coefficient (Wildman–Crippen LogP) is 2.41. The third-order valence-corrected chi connectivity index (χ3v) is 3.54. The average Bonchev–Trinajstić information content (AvgIpc) is 2.46. The minimum Gasteiger partial charge on any atom is -0.465 e. The minimum absolute atomic E-state index is 0.301. The Labute approximate surface area is 114 Å². The second-order valence-corrected chi connectivity index (χ2v) is 4.68. The van der Waals surface area contributed by atoms with E-state index in [0.717, 1.165) is 0 Å². The van der Waals surface area contributed by atoms with Gasteiger partial charge in [-0.05, 0) is 19.9 Å². The molecule has 1 aromatic carbocycles. The minimum atomic E-state index is -1.43. The van der Waals surface area contributed by atoms with Crippen LogP contribution in [0.1, 0.15) is 29.8 Å². The standard InChI is InChI=1S/C13H19O5P/c1-4-17-13(19-15,18-5-2)11-9-7-6-8-10(11)12(14)16-3/h6-9H,4-5,19H2,1-3H3. The van der Waals surface area contributed by atoms with Crippen molar-refractivity contribution in [2.45, 2.75) is 19.4 Å². The van der Waals surface area contributed by atoms with Gasteiger partial charge in [0.25, 0.3) is 0 Å². The van der Waals surface area contributed by atoms with E-state index in [4.69, 9.17) is 14.2 Å². The van der Waals surface area contributed by atoms with Crippen LogP contribution >= 0.6 is 8.46 Å². The smallest absolute Gasteiger partial charge is 0.338 e. The molecule has 0 aliphatic carbocycles. The second kappa shape index (κ2) is 7.43. The van der Waals surface area contributed by atoms with Crippen LogP contribution in [0.15, 0.2) is 24.3 Å². The fourth-order valence-electron chi connectivity index (χ4n) is 1.83. The van der Waals surface area contributed by atoms with Gasteiger partial charge in [0.05, 0.1) is 12.7 Å². The third-order valence-electron chi connectivity index (χ3n) is 2.58. The van der Waals surface area contributed by atoms with E-state index in [1.807, 2.05) is 0 Å². The number of carbonyl (C=O) groups excluding carboxylic acids is 1. The van der Waals surface area contributed by atoms with E-state index in [2.05, 4.69) is 0 Å². The molecule has 0 saturated carbocycles. The Morgan fingerprint density at radius 1 is 1.21 bits per heavy atom. The van der Waals surface area contributed by atoms with Crippen LogP contribution in [0.3, 0.4) is 0 Å². The Morgan fingerprint density at radius 3 is 2.26 bits per heavy atom. The van der Waals surface area contributed by atoms with Gasteiger partial charge in [-0.2, -0.15) is 0 Å². The summed E-state index contributed by atoms with van der Waals surface area (Å²) in [7, 11) is -0.134. The number of carbonyl (C=O) groups is 1. The number of benzene rings is 1. The van der Waals surface area contributed by atoms with Crippen molar-refractivity contribution in [3.05, 3.63) is 35.4 Å². The topological polar surface area (TPSA) is 61.8 Å². The van der Waals surface area contributed by atoms with Gasteiger partial charge in [-0.3, -0.25) is 0 Å². The molecule has 6 heteroatoms. The molecule has 0 amide bonds. The number of hydrogen-bond acceptors (Lipinski definition) is 5. The molecule has 1 unspecified atom stereocenters. The maximum atomic E-state index is 11.8. The summed E-state index contributed by atoms with van der Waals surface area (Å²) in [6.07, 6.45) is 0. The SMILES string of the molecule is CCOC(OCC)([PH2]=O)c1ccccc1C(=O)OC. The summed E-state index contributed by atoms with van der Waals surface area (Å²) in [5.41, 5.74) is -0.625. The molecule has 106 valence electrons. The van der Waals surface area contributed by atoms with Crippen LogP contribution < -0.4 is 0 Å². The van der Waals surface area contributed by atoms with E-state index >= 15 is 0 Å². The highest BCUT2D eigenvalue weighted by Gasteiger charge is 2.36. The van der Waals surface area contributed by atoms with Crippen LogP contribution in [0.25, 0.3) is 0 Å². The van der Waals surface area contributed by atoms with E-state index in [0.29, 0.717) is 24.3 Å². The summed E-state index contributed by atoms with van der Waals surface area (Å²) in [6.45, 7) is 4.21. The van der Waals surface area contributed by atoms with Gasteiger partial charge in [0.2, 0.25) is 5.53 Å². The van der Waals surface area contributed by atoms with Gasteiger partial charge < -0.3 is 18.8 Å². The molecule has 19 heavy (non-hydrogen) atoms. The highest BCUT2D eigenvalue weighted by atomic mass is 31.1. The molecule has 0 spiro atoms. The van der Waals surface area contributed by atoms with Crippen molar-refractivity contribution in [1.82, 2.24) is 0 Å². The van der Waals surface area contributed by atoms with Crippen molar-refractivity contribution in [2.24, 2.45) is 0 Å². The predicted molar refractivity (Wildman–Crippen MR) is 73.1 cm³/mol. The van der Waals surface area contributed by atoms with Gasteiger partial charge >= 0.3 is 5.97 Å². The van der Waals surface area contributed by atoms with E-state index in [-0.39, 0.29) is 0 Å². The zero-order valence-corrected chi connectivity index (χ0v) is 12.5. The Kier molecular flexibility index (Phi) is 6.22. The maximum absolute atomic E-state index is 11.8. The van der Waals surface area contributed by atoms with Gasteiger partial charge in [-0.1, -0.05) is 18.2 Å². The fraction of sp³-hybridized carbons (Fsp3) is 0.462. The molecule has 0 aromatic heterocycles. The molecular weight excluding hydrogens is 267 g/mol. The molecule has 1 atom stereocenters. The zero-order valence-electron chi connectivity index (χ0n) is 11.3. The number of methoxy groups -OCH3 is 1. The highest BCUT2D eigenvalue weighted by molar-refractivity contribution is 7.24. The summed E-state index contributed by atoms with van der Waals surface area (Å²) in [6, 6.07) is 6.72. The summed E-state index contributed by atoms with van der Waals surface area (Å²) in [5, 5.41) is 0. The first-order chi connectivity index (χ1) is 9.15. The van der Waals surface area contributed by atoms with Gasteiger partial charge in [-0.25, -0.2) is 4.79 Å². The van der Waals surface area contributed by atoms with E-state index < -0.39 is 20.0 Å². The first-order valence-corrected chi connectivity index (χ1v) is 7.12. The van der Waals surface area contributed by atoms with Crippen LogP contribution in [0.4, 0.5) is 0 Å². The molecule has 0 bridgehead atoms. The van der Waals surface area contributed by atoms with Crippen LogP contribution in [0, 0.1) is 0 Å². The molecule has 0 heterocycles. The number of esters is 1. The van der Waals surface area contributed by atoms with Crippen molar-refractivity contribution in [3.8, 4) is 0 Å². The molecule has 0 aliphatic heterocycles. The Hall–Kier alpha value is -1.16. The van der Waals surface area contributed by atoms with Crippen LogP contribution in [-0.2, 0) is 24.3 Å². The highest BCUT2D eigenvalue weighted by Crippen LogP contribution is 2.39. The van der Waals surface area contributed by atoms with Crippen molar-refractivity contribution in [2.75, 3.05) is 20.3 Å². The van der Waals surface area contributed by atoms with Crippen LogP contribution in [-0.4, -0.2) is 26.3 Å². The first-order valence-electron chi connectivity index (χ1n) is 6.07. The molecule has 0 radical (unpaired) electrons. The summed E-state index contributed by atoms with van der Waals surface area (Å²) >= 11 is 0. The second-order valence-electron chi connectivity index (χ2n) is 3.69. The van der Waals surface area contributed by atoms with Gasteiger partial charge in [-0.15, -0.1) is 0 Å². The fourth-order valence-corrected chi connectivity index (χ4v) is 2.68. The van der Waals surface area contributed by atoms with E-state index in [9.17, 15) is 9.36 Å². The normalized spacial score (nSPS) is 11.9. The molecule has 0 fully saturated rings. The van der Waals surface area contributed by atoms with Gasteiger partial charge in [0.15, 0.2) is 0 Å². The quantitative estimate of drug-likeness (QED) is 0.437. The lowest BCUT2D eigenvalue weighted by Gasteiger charge is -2.29. The monoisotopic (exact) mass is 286 g/mol. The van der Waals surface area contributed by atoms with Gasteiger partial charge in [0.1, 0.15) is 8.46 Å². The largest absolute Gasteiger partial charge is 0.465 e. The Morgan fingerprint density at radius 2 is 1.79 bits per heavy atom. The molecular formula is C13H19O5P. The van der Waals surface area contributed by atoms with Crippen LogP contribution in [0.2, 0.25) is 0 Å². The number of ether oxygens (including phenoxy) is 3. The van der Waals surface area contributed by atoms with Crippen molar-refractivity contribution in [1.29, 1.82) is 0 Å². The first kappa shape index (κ1) is 15.9.